The van der Waals surface area contributed by atoms with Crippen LogP contribution < -0.4 is 14.4 Å². The van der Waals surface area contributed by atoms with Gasteiger partial charge >= 0.3 is 5.97 Å². The van der Waals surface area contributed by atoms with Crippen molar-refractivity contribution < 1.29 is 31.9 Å². The lowest BCUT2D eigenvalue weighted by molar-refractivity contribution is -0.114. The van der Waals surface area contributed by atoms with E-state index in [-0.39, 0.29) is 33.5 Å². The molecular formula is C24H22ClFN2O6S. The Morgan fingerprint density at radius 2 is 1.74 bits per heavy atom. The first kappa shape index (κ1) is 26.0. The van der Waals surface area contributed by atoms with Crippen molar-refractivity contribution >= 4 is 44.9 Å². The molecule has 0 aliphatic heterocycles. The third-order valence-electron chi connectivity index (χ3n) is 4.81. The van der Waals surface area contributed by atoms with Crippen LogP contribution in [0.1, 0.15) is 17.3 Å². The number of halogens is 2. The van der Waals surface area contributed by atoms with Crippen molar-refractivity contribution in [2.24, 2.45) is 0 Å². The van der Waals surface area contributed by atoms with E-state index in [4.69, 9.17) is 21.1 Å². The zero-order chi connectivity index (χ0) is 25.6. The molecule has 0 radical (unpaired) electrons. The summed E-state index contributed by atoms with van der Waals surface area (Å²) in [6.45, 7) is 1.10. The number of carbonyl (C=O) groups is 2. The molecule has 35 heavy (non-hydrogen) atoms. The van der Waals surface area contributed by atoms with Crippen molar-refractivity contribution in [3.63, 3.8) is 0 Å². The van der Waals surface area contributed by atoms with Gasteiger partial charge in [0.25, 0.3) is 10.0 Å². The van der Waals surface area contributed by atoms with Crippen molar-refractivity contribution in [1.29, 1.82) is 0 Å². The number of rotatable bonds is 9. The molecule has 3 rings (SSSR count). The Morgan fingerprint density at radius 3 is 2.34 bits per heavy atom. The molecule has 0 saturated heterocycles. The lowest BCUT2D eigenvalue weighted by Gasteiger charge is -2.24. The highest BCUT2D eigenvalue weighted by Crippen LogP contribution is 2.28. The fourth-order valence-corrected chi connectivity index (χ4v) is 4.76. The highest BCUT2D eigenvalue weighted by atomic mass is 35.5. The minimum absolute atomic E-state index is 0.0411. The first-order chi connectivity index (χ1) is 16.7. The van der Waals surface area contributed by atoms with E-state index in [0.717, 1.165) is 6.07 Å². The second kappa shape index (κ2) is 11.2. The number of nitrogens with one attached hydrogen (secondary N) is 1. The lowest BCUT2D eigenvalue weighted by Crippen LogP contribution is -2.38. The van der Waals surface area contributed by atoms with Gasteiger partial charge in [-0.05, 0) is 61.5 Å². The number of ether oxygens (including phenoxy) is 2. The molecule has 0 atom stereocenters. The smallest absolute Gasteiger partial charge is 0.338 e. The number of hydrogen-bond donors (Lipinski definition) is 1. The van der Waals surface area contributed by atoms with Crippen LogP contribution in [0.3, 0.4) is 0 Å². The van der Waals surface area contributed by atoms with Gasteiger partial charge in [-0.3, -0.25) is 9.10 Å². The van der Waals surface area contributed by atoms with Gasteiger partial charge in [0.15, 0.2) is 0 Å². The minimum atomic E-state index is -4.34. The van der Waals surface area contributed by atoms with Crippen LogP contribution in [0.4, 0.5) is 15.8 Å². The van der Waals surface area contributed by atoms with E-state index in [1.165, 1.54) is 67.8 Å². The van der Waals surface area contributed by atoms with E-state index in [2.05, 4.69) is 5.32 Å². The number of hydrogen-bond acceptors (Lipinski definition) is 6. The van der Waals surface area contributed by atoms with Crippen LogP contribution in [0.15, 0.2) is 71.6 Å². The highest BCUT2D eigenvalue weighted by Gasteiger charge is 2.29. The van der Waals surface area contributed by atoms with Crippen LogP contribution in [0.25, 0.3) is 0 Å². The molecule has 0 aliphatic carbocycles. The number of carbonyl (C=O) groups excluding carboxylic acids is 2. The van der Waals surface area contributed by atoms with Gasteiger partial charge < -0.3 is 14.8 Å². The fourth-order valence-electron chi connectivity index (χ4n) is 3.11. The second-order valence-corrected chi connectivity index (χ2v) is 9.37. The van der Waals surface area contributed by atoms with E-state index in [9.17, 15) is 22.4 Å². The number of benzene rings is 3. The Morgan fingerprint density at radius 1 is 1.06 bits per heavy atom. The summed E-state index contributed by atoms with van der Waals surface area (Å²) in [5, 5.41) is 2.54. The van der Waals surface area contributed by atoms with Gasteiger partial charge in [0, 0.05) is 0 Å². The Balaban J connectivity index is 1.90. The number of anilines is 2. The number of sulfonamides is 1. The molecule has 0 aromatic heterocycles. The summed E-state index contributed by atoms with van der Waals surface area (Å²) < 4.78 is 52.0. The maximum atomic E-state index is 14.6. The molecule has 0 heterocycles. The van der Waals surface area contributed by atoms with Crippen LogP contribution in [-0.4, -0.2) is 40.6 Å². The van der Waals surface area contributed by atoms with Crippen molar-refractivity contribution in [3.05, 3.63) is 83.1 Å². The van der Waals surface area contributed by atoms with Crippen LogP contribution in [-0.2, 0) is 19.6 Å². The number of amides is 1. The first-order valence-corrected chi connectivity index (χ1v) is 12.2. The molecule has 0 fully saturated rings. The zero-order valence-corrected chi connectivity index (χ0v) is 20.4. The van der Waals surface area contributed by atoms with Gasteiger partial charge in [0.1, 0.15) is 18.1 Å². The number of methoxy groups -OCH3 is 1. The van der Waals surface area contributed by atoms with Gasteiger partial charge in [-0.1, -0.05) is 23.7 Å². The fraction of sp³-hybridized carbons (Fsp3) is 0.167. The molecule has 184 valence electrons. The Bertz CT molecular complexity index is 1330. The summed E-state index contributed by atoms with van der Waals surface area (Å²) >= 11 is 6.18. The van der Waals surface area contributed by atoms with E-state index in [0.29, 0.717) is 10.1 Å². The largest absolute Gasteiger partial charge is 0.497 e. The van der Waals surface area contributed by atoms with Crippen molar-refractivity contribution in [3.8, 4) is 5.75 Å². The molecule has 3 aromatic carbocycles. The van der Waals surface area contributed by atoms with Gasteiger partial charge in [0.2, 0.25) is 5.91 Å². The van der Waals surface area contributed by atoms with Crippen LogP contribution >= 0.6 is 11.6 Å². The number of nitrogens with zero attached hydrogens (tertiary/aromatic N) is 1. The molecule has 0 aliphatic rings. The average molecular weight is 521 g/mol. The van der Waals surface area contributed by atoms with E-state index >= 15 is 0 Å². The summed E-state index contributed by atoms with van der Waals surface area (Å²) in [6.07, 6.45) is 0. The summed E-state index contributed by atoms with van der Waals surface area (Å²) in [6, 6.07) is 14.8. The number of para-hydroxylation sites is 1. The molecule has 0 unspecified atom stereocenters. The Hall–Kier alpha value is -3.63. The molecular weight excluding hydrogens is 499 g/mol. The van der Waals surface area contributed by atoms with Gasteiger partial charge in [-0.15, -0.1) is 0 Å². The Labute approximate surface area is 207 Å². The van der Waals surface area contributed by atoms with E-state index < -0.39 is 34.3 Å². The molecule has 1 amide bonds. The van der Waals surface area contributed by atoms with Crippen LogP contribution in [0.2, 0.25) is 5.02 Å². The number of esters is 1. The lowest BCUT2D eigenvalue weighted by atomic mass is 10.2. The highest BCUT2D eigenvalue weighted by molar-refractivity contribution is 7.92. The average Bonchev–Trinajstić information content (AvgIpc) is 2.84. The molecule has 0 spiro atoms. The van der Waals surface area contributed by atoms with Crippen molar-refractivity contribution in [1.82, 2.24) is 0 Å². The van der Waals surface area contributed by atoms with Gasteiger partial charge in [0.05, 0.1) is 40.6 Å². The summed E-state index contributed by atoms with van der Waals surface area (Å²) in [5.74, 6) is -1.76. The quantitative estimate of drug-likeness (QED) is 0.417. The van der Waals surface area contributed by atoms with Crippen LogP contribution in [0, 0.1) is 5.82 Å². The van der Waals surface area contributed by atoms with Crippen molar-refractivity contribution in [2.75, 3.05) is 29.9 Å². The third kappa shape index (κ3) is 6.09. The normalized spacial score (nSPS) is 11.0. The molecule has 3 aromatic rings. The molecule has 0 bridgehead atoms. The van der Waals surface area contributed by atoms with Crippen LogP contribution in [0.5, 0.6) is 5.75 Å². The van der Waals surface area contributed by atoms with Gasteiger partial charge in [-0.2, -0.15) is 0 Å². The van der Waals surface area contributed by atoms with Crippen molar-refractivity contribution in [2.45, 2.75) is 11.8 Å². The first-order valence-electron chi connectivity index (χ1n) is 10.3. The second-order valence-electron chi connectivity index (χ2n) is 7.10. The van der Waals surface area contributed by atoms with Gasteiger partial charge in [-0.25, -0.2) is 17.6 Å². The predicted molar refractivity (Wildman–Crippen MR) is 130 cm³/mol. The van der Waals surface area contributed by atoms with E-state index in [1.54, 1.807) is 6.92 Å². The Kier molecular flexibility index (Phi) is 8.31. The molecule has 8 nitrogen and oxygen atoms in total. The zero-order valence-electron chi connectivity index (χ0n) is 18.8. The SMILES string of the molecule is CCOC(=O)c1ccc(NC(=O)CN(c2ccccc2F)S(=O)(=O)c2ccc(OC)cc2)c(Cl)c1. The topological polar surface area (TPSA) is 102 Å². The molecule has 0 saturated carbocycles. The molecule has 11 heteroatoms. The minimum Gasteiger partial charge on any atom is -0.497 e. The maximum Gasteiger partial charge on any atom is 0.338 e. The van der Waals surface area contributed by atoms with E-state index in [1.807, 2.05) is 0 Å². The summed E-state index contributed by atoms with van der Waals surface area (Å²) in [5.41, 5.74) is 0.0205. The standard InChI is InChI=1S/C24H22ClFN2O6S/c1-3-34-24(30)16-8-13-21(19(25)14-16)27-23(29)15-28(22-7-5-4-6-20(22)26)35(31,32)18-11-9-17(33-2)10-12-18/h4-14H,3,15H2,1-2H3,(H,27,29). The summed E-state index contributed by atoms with van der Waals surface area (Å²) in [7, 11) is -2.91. The predicted octanol–water partition coefficient (Wildman–Crippen LogP) is 4.50. The monoisotopic (exact) mass is 520 g/mol. The third-order valence-corrected chi connectivity index (χ3v) is 6.90. The maximum absolute atomic E-state index is 14.6. The molecule has 1 N–H and O–H groups in total. The summed E-state index contributed by atoms with van der Waals surface area (Å²) in [4.78, 5) is 24.6.